The average Bonchev–Trinajstić information content (AvgIpc) is 2.39. The van der Waals surface area contributed by atoms with Gasteiger partial charge >= 0.3 is 0 Å². The molecule has 1 fully saturated rings. The van der Waals surface area contributed by atoms with E-state index in [0.717, 1.165) is 42.9 Å². The summed E-state index contributed by atoms with van der Waals surface area (Å²) >= 11 is 0. The van der Waals surface area contributed by atoms with Crippen LogP contribution in [-0.4, -0.2) is 25.9 Å². The van der Waals surface area contributed by atoms with Crippen LogP contribution in [0.3, 0.4) is 0 Å². The summed E-state index contributed by atoms with van der Waals surface area (Å²) in [6.45, 7) is 1.47. The number of fused-ring (bicyclic) bond motifs is 1. The van der Waals surface area contributed by atoms with Gasteiger partial charge in [0.05, 0.1) is 13.7 Å². The van der Waals surface area contributed by atoms with E-state index in [1.807, 2.05) is 18.2 Å². The molecule has 0 aromatic heterocycles. The van der Waals surface area contributed by atoms with Crippen LogP contribution in [0.2, 0.25) is 0 Å². The molecule has 0 bridgehead atoms. The Labute approximate surface area is 107 Å². The lowest BCUT2D eigenvalue weighted by atomic mass is 9.84. The maximum Gasteiger partial charge on any atom is 0.134 e. The third-order valence-corrected chi connectivity index (χ3v) is 3.82. The summed E-state index contributed by atoms with van der Waals surface area (Å²) in [7, 11) is 1.66. The minimum Gasteiger partial charge on any atom is -0.497 e. The smallest absolute Gasteiger partial charge is 0.134 e. The van der Waals surface area contributed by atoms with E-state index in [1.54, 1.807) is 7.11 Å². The maximum absolute atomic E-state index is 6.28. The minimum atomic E-state index is -0.223. The molecule has 2 aliphatic heterocycles. The molecule has 18 heavy (non-hydrogen) atoms. The summed E-state index contributed by atoms with van der Waals surface area (Å²) in [6.07, 6.45) is 2.87. The molecule has 1 unspecified atom stereocenters. The molecule has 0 aliphatic carbocycles. The summed E-state index contributed by atoms with van der Waals surface area (Å²) in [4.78, 5) is 0. The summed E-state index contributed by atoms with van der Waals surface area (Å²) in [5.41, 5.74) is 7.09. The molecule has 3 rings (SSSR count). The van der Waals surface area contributed by atoms with Crippen LogP contribution < -0.4 is 15.2 Å². The highest BCUT2D eigenvalue weighted by Crippen LogP contribution is 2.43. The Morgan fingerprint density at radius 1 is 1.44 bits per heavy atom. The zero-order chi connectivity index (χ0) is 12.6. The molecular weight excluding hydrogens is 230 g/mol. The second-order valence-electron chi connectivity index (χ2n) is 5.16. The fraction of sp³-hybridized carbons (Fsp3) is 0.571. The number of hydrogen-bond donors (Lipinski definition) is 1. The predicted octanol–water partition coefficient (Wildman–Crippen LogP) is 2.03. The lowest BCUT2D eigenvalue weighted by Gasteiger charge is -2.43. The second kappa shape index (κ2) is 4.44. The fourth-order valence-corrected chi connectivity index (χ4v) is 2.89. The Bertz CT molecular complexity index is 441. The van der Waals surface area contributed by atoms with Gasteiger partial charge < -0.3 is 19.9 Å². The first-order chi connectivity index (χ1) is 8.72. The Balaban J connectivity index is 1.92. The third-order valence-electron chi connectivity index (χ3n) is 3.82. The minimum absolute atomic E-state index is 0.00875. The molecule has 98 valence electrons. The zero-order valence-electron chi connectivity index (χ0n) is 10.6. The van der Waals surface area contributed by atoms with E-state index in [9.17, 15) is 0 Å². The maximum atomic E-state index is 6.28. The fourth-order valence-electron chi connectivity index (χ4n) is 2.89. The summed E-state index contributed by atoms with van der Waals surface area (Å²) in [5.74, 6) is 1.70. The van der Waals surface area contributed by atoms with Gasteiger partial charge in [-0.1, -0.05) is 0 Å². The zero-order valence-corrected chi connectivity index (χ0v) is 10.6. The van der Waals surface area contributed by atoms with Crippen LogP contribution in [0, 0.1) is 0 Å². The molecule has 2 aliphatic rings. The number of methoxy groups -OCH3 is 1. The van der Waals surface area contributed by atoms with Crippen molar-refractivity contribution < 1.29 is 14.2 Å². The first-order valence-electron chi connectivity index (χ1n) is 6.43. The van der Waals surface area contributed by atoms with Crippen molar-refractivity contribution in [3.63, 3.8) is 0 Å². The molecule has 0 radical (unpaired) electrons. The molecule has 1 aromatic rings. The molecule has 2 heterocycles. The van der Waals surface area contributed by atoms with E-state index in [2.05, 4.69) is 0 Å². The molecule has 0 amide bonds. The Kier molecular flexibility index (Phi) is 2.92. The summed E-state index contributed by atoms with van der Waals surface area (Å²) in [6, 6.07) is 5.82. The van der Waals surface area contributed by atoms with Crippen LogP contribution in [0.15, 0.2) is 18.2 Å². The van der Waals surface area contributed by atoms with Gasteiger partial charge in [-0.3, -0.25) is 0 Å². The molecule has 2 N–H and O–H groups in total. The van der Waals surface area contributed by atoms with Crippen molar-refractivity contribution in [1.82, 2.24) is 0 Å². The molecule has 2 atom stereocenters. The topological polar surface area (TPSA) is 53.7 Å². The van der Waals surface area contributed by atoms with Crippen LogP contribution in [0.1, 0.15) is 30.9 Å². The van der Waals surface area contributed by atoms with Gasteiger partial charge in [0.1, 0.15) is 17.1 Å². The van der Waals surface area contributed by atoms with E-state index in [1.165, 1.54) is 0 Å². The quantitative estimate of drug-likeness (QED) is 0.827. The van der Waals surface area contributed by atoms with Crippen molar-refractivity contribution >= 4 is 0 Å². The van der Waals surface area contributed by atoms with Gasteiger partial charge in [-0.15, -0.1) is 0 Å². The van der Waals surface area contributed by atoms with E-state index in [4.69, 9.17) is 19.9 Å². The van der Waals surface area contributed by atoms with Gasteiger partial charge in [-0.05, 0) is 31.0 Å². The molecule has 1 spiro atoms. The molecule has 1 saturated heterocycles. The highest BCUT2D eigenvalue weighted by Gasteiger charge is 2.41. The Morgan fingerprint density at radius 3 is 3.06 bits per heavy atom. The van der Waals surface area contributed by atoms with Crippen LogP contribution in [0.25, 0.3) is 0 Å². The lowest BCUT2D eigenvalue weighted by Crippen LogP contribution is -2.49. The van der Waals surface area contributed by atoms with Gasteiger partial charge in [0.25, 0.3) is 0 Å². The number of hydrogen-bond acceptors (Lipinski definition) is 4. The van der Waals surface area contributed by atoms with E-state index < -0.39 is 0 Å². The normalized spacial score (nSPS) is 30.7. The second-order valence-corrected chi connectivity index (χ2v) is 5.16. The lowest BCUT2D eigenvalue weighted by molar-refractivity contribution is -0.0833. The highest BCUT2D eigenvalue weighted by molar-refractivity contribution is 5.44. The number of rotatable bonds is 1. The molecule has 0 saturated carbocycles. The van der Waals surface area contributed by atoms with Gasteiger partial charge in [0.15, 0.2) is 0 Å². The van der Waals surface area contributed by atoms with E-state index >= 15 is 0 Å². The molecule has 1 aromatic carbocycles. The van der Waals surface area contributed by atoms with Gasteiger partial charge in [-0.25, -0.2) is 0 Å². The van der Waals surface area contributed by atoms with Crippen molar-refractivity contribution in [3.05, 3.63) is 23.8 Å². The van der Waals surface area contributed by atoms with Crippen LogP contribution in [0.5, 0.6) is 11.5 Å². The van der Waals surface area contributed by atoms with Crippen LogP contribution in [-0.2, 0) is 4.74 Å². The van der Waals surface area contributed by atoms with Crippen molar-refractivity contribution in [1.29, 1.82) is 0 Å². The van der Waals surface area contributed by atoms with E-state index in [0.29, 0.717) is 6.61 Å². The number of benzene rings is 1. The standard InChI is InChI=1S/C14H19NO3/c1-16-10-3-4-13-11(7-10)12(15)8-14(18-13)5-2-6-17-9-14/h3-4,7,12H,2,5-6,8-9,15H2,1H3/t12-,14?/m1/s1. The monoisotopic (exact) mass is 249 g/mol. The average molecular weight is 249 g/mol. The molecule has 4 nitrogen and oxygen atoms in total. The van der Waals surface area contributed by atoms with Gasteiger partial charge in [-0.2, -0.15) is 0 Å². The molecule has 4 heteroatoms. The Morgan fingerprint density at radius 2 is 2.33 bits per heavy atom. The number of ether oxygens (including phenoxy) is 3. The predicted molar refractivity (Wildman–Crippen MR) is 68.0 cm³/mol. The van der Waals surface area contributed by atoms with Crippen LogP contribution in [0.4, 0.5) is 0 Å². The first-order valence-corrected chi connectivity index (χ1v) is 6.43. The summed E-state index contributed by atoms with van der Waals surface area (Å²) < 4.78 is 17.0. The van der Waals surface area contributed by atoms with Crippen molar-refractivity contribution in [2.45, 2.75) is 30.9 Å². The van der Waals surface area contributed by atoms with Gasteiger partial charge in [0.2, 0.25) is 0 Å². The number of nitrogens with two attached hydrogens (primary N) is 1. The van der Waals surface area contributed by atoms with Crippen molar-refractivity contribution in [2.24, 2.45) is 5.73 Å². The van der Waals surface area contributed by atoms with E-state index in [-0.39, 0.29) is 11.6 Å². The van der Waals surface area contributed by atoms with Crippen molar-refractivity contribution in [3.8, 4) is 11.5 Å². The SMILES string of the molecule is COc1ccc2c(c1)[C@H](N)CC1(CCCOC1)O2. The summed E-state index contributed by atoms with van der Waals surface area (Å²) in [5, 5.41) is 0. The molecular formula is C14H19NO3. The van der Waals surface area contributed by atoms with Crippen molar-refractivity contribution in [2.75, 3.05) is 20.3 Å². The van der Waals surface area contributed by atoms with Crippen LogP contribution >= 0.6 is 0 Å². The largest absolute Gasteiger partial charge is 0.497 e. The highest BCUT2D eigenvalue weighted by atomic mass is 16.5. The third kappa shape index (κ3) is 1.95. The first kappa shape index (κ1) is 11.8. The Hall–Kier alpha value is -1.26. The van der Waals surface area contributed by atoms with Gasteiger partial charge in [0, 0.05) is 24.6 Å².